The summed E-state index contributed by atoms with van der Waals surface area (Å²) in [5.74, 6) is 1.03. The van der Waals surface area contributed by atoms with Gasteiger partial charge in [0.15, 0.2) is 24.2 Å². The Kier molecular flexibility index (Phi) is 6.41. The Hall–Kier alpha value is -2.45. The number of fused-ring (bicyclic) bond motifs is 1. The minimum Gasteiger partial charge on any atom is -0.486 e. The lowest BCUT2D eigenvalue weighted by molar-refractivity contribution is -0.122. The maximum Gasteiger partial charge on any atom is 0.321 e. The van der Waals surface area contributed by atoms with Gasteiger partial charge in [-0.1, -0.05) is 39.7 Å². The topological polar surface area (TPSA) is 85.9 Å². The summed E-state index contributed by atoms with van der Waals surface area (Å²) in [6.07, 6.45) is -0.349. The summed E-state index contributed by atoms with van der Waals surface area (Å²) in [6, 6.07) is 11.6. The Balaban J connectivity index is 1.39. The van der Waals surface area contributed by atoms with Crippen molar-refractivity contribution in [1.29, 1.82) is 0 Å². The van der Waals surface area contributed by atoms with Crippen LogP contribution in [-0.2, 0) is 4.79 Å². The number of hydrogen-bond donors (Lipinski definition) is 2. The second-order valence-electron chi connectivity index (χ2n) is 5.62. The lowest BCUT2D eigenvalue weighted by Crippen LogP contribution is -2.47. The molecule has 0 fully saturated rings. The SMILES string of the molecule is O=C(COc1ccc(Br)cc1Cl)NC(=O)NCC1COc2ccccc2O1. The van der Waals surface area contributed by atoms with Crippen molar-refractivity contribution >= 4 is 39.5 Å². The Morgan fingerprint density at radius 1 is 1.22 bits per heavy atom. The molecule has 142 valence electrons. The van der Waals surface area contributed by atoms with Gasteiger partial charge in [-0.05, 0) is 30.3 Å². The number of halogens is 2. The highest BCUT2D eigenvalue weighted by molar-refractivity contribution is 9.10. The molecule has 0 saturated heterocycles. The summed E-state index contributed by atoms with van der Waals surface area (Å²) in [7, 11) is 0. The second-order valence-corrected chi connectivity index (χ2v) is 6.94. The summed E-state index contributed by atoms with van der Waals surface area (Å²) in [5, 5.41) is 5.10. The van der Waals surface area contributed by atoms with E-state index in [1.54, 1.807) is 24.3 Å². The molecule has 0 bridgehead atoms. The molecule has 0 aliphatic carbocycles. The summed E-state index contributed by atoms with van der Waals surface area (Å²) >= 11 is 9.28. The van der Waals surface area contributed by atoms with Crippen LogP contribution in [0.2, 0.25) is 5.02 Å². The number of para-hydroxylation sites is 2. The van der Waals surface area contributed by atoms with Crippen molar-refractivity contribution in [3.05, 3.63) is 52.0 Å². The Labute approximate surface area is 169 Å². The molecular weight excluding hydrogens is 440 g/mol. The van der Waals surface area contributed by atoms with Gasteiger partial charge in [-0.3, -0.25) is 10.1 Å². The van der Waals surface area contributed by atoms with Crippen LogP contribution < -0.4 is 24.8 Å². The zero-order valence-corrected chi connectivity index (χ0v) is 16.4. The lowest BCUT2D eigenvalue weighted by atomic mass is 10.2. The van der Waals surface area contributed by atoms with Gasteiger partial charge in [0, 0.05) is 4.47 Å². The van der Waals surface area contributed by atoms with Gasteiger partial charge in [0.25, 0.3) is 5.91 Å². The first-order chi connectivity index (χ1) is 13.0. The number of carbonyl (C=O) groups excluding carboxylic acids is 2. The van der Waals surface area contributed by atoms with Gasteiger partial charge in [0.1, 0.15) is 12.4 Å². The first kappa shape index (κ1) is 19.3. The minimum absolute atomic E-state index is 0.187. The Morgan fingerprint density at radius 3 is 2.78 bits per heavy atom. The lowest BCUT2D eigenvalue weighted by Gasteiger charge is -2.26. The van der Waals surface area contributed by atoms with Crippen LogP contribution in [0.5, 0.6) is 17.2 Å². The molecule has 1 heterocycles. The van der Waals surface area contributed by atoms with Crippen LogP contribution in [-0.4, -0.2) is 37.8 Å². The molecule has 2 N–H and O–H groups in total. The molecule has 7 nitrogen and oxygen atoms in total. The van der Waals surface area contributed by atoms with Crippen LogP contribution in [0.3, 0.4) is 0 Å². The van der Waals surface area contributed by atoms with Crippen LogP contribution in [0.4, 0.5) is 4.79 Å². The monoisotopic (exact) mass is 454 g/mol. The predicted molar refractivity (Wildman–Crippen MR) is 103 cm³/mol. The summed E-state index contributed by atoms with van der Waals surface area (Å²) in [5.41, 5.74) is 0. The fraction of sp³-hybridized carbons (Fsp3) is 0.222. The van der Waals surface area contributed by atoms with E-state index in [1.165, 1.54) is 0 Å². The predicted octanol–water partition coefficient (Wildman–Crippen LogP) is 3.15. The third kappa shape index (κ3) is 5.51. The fourth-order valence-corrected chi connectivity index (χ4v) is 3.04. The van der Waals surface area contributed by atoms with Crippen molar-refractivity contribution < 1.29 is 23.8 Å². The van der Waals surface area contributed by atoms with Crippen molar-refractivity contribution in [2.75, 3.05) is 19.8 Å². The van der Waals surface area contributed by atoms with Gasteiger partial charge in [-0.25, -0.2) is 4.79 Å². The maximum atomic E-state index is 11.8. The van der Waals surface area contributed by atoms with E-state index in [0.717, 1.165) is 4.47 Å². The Morgan fingerprint density at radius 2 is 2.00 bits per heavy atom. The third-order valence-corrected chi connectivity index (χ3v) is 4.35. The average Bonchev–Trinajstić information content (AvgIpc) is 2.65. The average molecular weight is 456 g/mol. The molecule has 0 aromatic heterocycles. The van der Waals surface area contributed by atoms with E-state index in [-0.39, 0.29) is 19.3 Å². The van der Waals surface area contributed by atoms with Crippen LogP contribution in [0.15, 0.2) is 46.9 Å². The summed E-state index contributed by atoms with van der Waals surface area (Å²) < 4.78 is 17.4. The first-order valence-corrected chi connectivity index (χ1v) is 9.22. The number of imide groups is 1. The van der Waals surface area contributed by atoms with Crippen molar-refractivity contribution in [1.82, 2.24) is 10.6 Å². The zero-order valence-electron chi connectivity index (χ0n) is 14.0. The van der Waals surface area contributed by atoms with Gasteiger partial charge >= 0.3 is 6.03 Å². The van der Waals surface area contributed by atoms with Crippen LogP contribution in [0.25, 0.3) is 0 Å². The molecule has 3 rings (SSSR count). The first-order valence-electron chi connectivity index (χ1n) is 8.05. The number of rotatable bonds is 5. The molecule has 2 aromatic carbocycles. The largest absolute Gasteiger partial charge is 0.486 e. The molecule has 9 heteroatoms. The van der Waals surface area contributed by atoms with E-state index in [9.17, 15) is 9.59 Å². The van der Waals surface area contributed by atoms with E-state index in [2.05, 4.69) is 26.6 Å². The van der Waals surface area contributed by atoms with E-state index in [0.29, 0.717) is 28.9 Å². The van der Waals surface area contributed by atoms with Gasteiger partial charge < -0.3 is 19.5 Å². The maximum absolute atomic E-state index is 11.8. The van der Waals surface area contributed by atoms with Crippen molar-refractivity contribution in [2.45, 2.75) is 6.10 Å². The molecule has 3 amide bonds. The van der Waals surface area contributed by atoms with E-state index >= 15 is 0 Å². The highest BCUT2D eigenvalue weighted by atomic mass is 79.9. The molecular formula is C18H16BrClN2O5. The number of amides is 3. The second kappa shape index (κ2) is 8.96. The van der Waals surface area contributed by atoms with Gasteiger partial charge in [-0.2, -0.15) is 0 Å². The highest BCUT2D eigenvalue weighted by Crippen LogP contribution is 2.30. The zero-order chi connectivity index (χ0) is 19.2. The van der Waals surface area contributed by atoms with E-state index in [1.807, 2.05) is 18.2 Å². The third-order valence-electron chi connectivity index (χ3n) is 3.56. The van der Waals surface area contributed by atoms with Crippen molar-refractivity contribution in [3.63, 3.8) is 0 Å². The van der Waals surface area contributed by atoms with Gasteiger partial charge in [-0.15, -0.1) is 0 Å². The van der Waals surface area contributed by atoms with Crippen LogP contribution in [0, 0.1) is 0 Å². The number of hydrogen-bond acceptors (Lipinski definition) is 5. The molecule has 1 aliphatic rings. The van der Waals surface area contributed by atoms with Gasteiger partial charge in [0.05, 0.1) is 11.6 Å². The number of benzene rings is 2. The van der Waals surface area contributed by atoms with Gasteiger partial charge in [0.2, 0.25) is 0 Å². The number of nitrogens with one attached hydrogen (secondary N) is 2. The minimum atomic E-state index is -0.645. The van der Waals surface area contributed by atoms with E-state index < -0.39 is 11.9 Å². The molecule has 1 unspecified atom stereocenters. The van der Waals surface area contributed by atoms with Crippen molar-refractivity contribution in [2.24, 2.45) is 0 Å². The molecule has 0 spiro atoms. The van der Waals surface area contributed by atoms with E-state index in [4.69, 9.17) is 25.8 Å². The van der Waals surface area contributed by atoms with Crippen LogP contribution >= 0.6 is 27.5 Å². The standard InChI is InChI=1S/C18H16BrClN2O5/c19-11-5-6-14(13(20)7-11)26-10-17(23)22-18(24)21-8-12-9-25-15-3-1-2-4-16(15)27-12/h1-7,12H,8-10H2,(H2,21,22,23,24). The quantitative estimate of drug-likeness (QED) is 0.723. The summed E-state index contributed by atoms with van der Waals surface area (Å²) in [4.78, 5) is 23.7. The molecule has 1 atom stereocenters. The number of ether oxygens (including phenoxy) is 3. The fourth-order valence-electron chi connectivity index (χ4n) is 2.31. The highest BCUT2D eigenvalue weighted by Gasteiger charge is 2.21. The number of urea groups is 1. The van der Waals surface area contributed by atoms with Crippen molar-refractivity contribution in [3.8, 4) is 17.2 Å². The molecule has 27 heavy (non-hydrogen) atoms. The molecule has 2 aromatic rings. The normalized spacial score (nSPS) is 15.0. The molecule has 1 aliphatic heterocycles. The smallest absolute Gasteiger partial charge is 0.321 e. The molecule has 0 saturated carbocycles. The Bertz CT molecular complexity index is 848. The van der Waals surface area contributed by atoms with Crippen LogP contribution in [0.1, 0.15) is 0 Å². The summed E-state index contributed by atoms with van der Waals surface area (Å²) in [6.45, 7) is 0.147. The molecule has 0 radical (unpaired) electrons. The number of carbonyl (C=O) groups is 2.